The van der Waals surface area contributed by atoms with Gasteiger partial charge in [0, 0.05) is 11.9 Å². The molecule has 0 aliphatic carbocycles. The van der Waals surface area contributed by atoms with E-state index in [1.165, 1.54) is 0 Å². The Morgan fingerprint density at radius 2 is 2.00 bits per heavy atom. The Hall–Kier alpha value is -4.40. The number of furan rings is 1. The number of carbonyl (C=O) groups excluding carboxylic acids is 1. The Morgan fingerprint density at radius 1 is 1.16 bits per heavy atom. The molecule has 9 nitrogen and oxygen atoms in total. The number of hydrogen-bond acceptors (Lipinski definition) is 7. The predicted molar refractivity (Wildman–Crippen MR) is 118 cm³/mol. The summed E-state index contributed by atoms with van der Waals surface area (Å²) in [6, 6.07) is 15.8. The Balaban J connectivity index is 1.59. The monoisotopic (exact) mass is 428 g/mol. The second kappa shape index (κ2) is 8.03. The van der Waals surface area contributed by atoms with Gasteiger partial charge in [0.2, 0.25) is 11.8 Å². The van der Waals surface area contributed by atoms with Gasteiger partial charge in [0.05, 0.1) is 30.3 Å². The smallest absolute Gasteiger partial charge is 0.256 e. The fourth-order valence-electron chi connectivity index (χ4n) is 3.70. The zero-order chi connectivity index (χ0) is 22.1. The van der Waals surface area contributed by atoms with Crippen molar-refractivity contribution in [1.82, 2.24) is 19.7 Å². The van der Waals surface area contributed by atoms with Gasteiger partial charge >= 0.3 is 0 Å². The normalized spacial score (nSPS) is 15.1. The van der Waals surface area contributed by atoms with Crippen molar-refractivity contribution in [1.29, 1.82) is 0 Å². The maximum atomic E-state index is 13.5. The molecule has 4 heterocycles. The standard InChI is InChI=1S/C23H20N6O3/c1-14-19(22(30)26-15-8-3-4-10-17(15)31-2)20(16-9-5-6-12-24-16)29-23(25-14)27-21(28-29)18-11-7-13-32-18/h3-13,20H,1-2H3,(H,26,30)(H,25,27,28)/t20-/m0/s1. The summed E-state index contributed by atoms with van der Waals surface area (Å²) < 4.78 is 12.5. The van der Waals surface area contributed by atoms with Gasteiger partial charge in [0.25, 0.3) is 5.91 Å². The first-order valence-electron chi connectivity index (χ1n) is 9.99. The predicted octanol–water partition coefficient (Wildman–Crippen LogP) is 3.87. The van der Waals surface area contributed by atoms with E-state index < -0.39 is 6.04 Å². The number of ether oxygens (including phenoxy) is 1. The van der Waals surface area contributed by atoms with Crippen LogP contribution in [0, 0.1) is 0 Å². The van der Waals surface area contributed by atoms with Gasteiger partial charge < -0.3 is 19.8 Å². The highest BCUT2D eigenvalue weighted by atomic mass is 16.5. The van der Waals surface area contributed by atoms with E-state index in [1.54, 1.807) is 48.5 Å². The van der Waals surface area contributed by atoms with Crippen molar-refractivity contribution < 1.29 is 13.9 Å². The maximum Gasteiger partial charge on any atom is 0.256 e. The zero-order valence-electron chi connectivity index (χ0n) is 17.4. The number of nitrogens with zero attached hydrogens (tertiary/aromatic N) is 4. The summed E-state index contributed by atoms with van der Waals surface area (Å²) in [5, 5.41) is 10.8. The van der Waals surface area contributed by atoms with Gasteiger partial charge in [-0.25, -0.2) is 4.68 Å². The highest BCUT2D eigenvalue weighted by molar-refractivity contribution is 6.06. The minimum atomic E-state index is -0.585. The first kappa shape index (κ1) is 19.6. The summed E-state index contributed by atoms with van der Waals surface area (Å²) in [7, 11) is 1.56. The van der Waals surface area contributed by atoms with Crippen molar-refractivity contribution >= 4 is 17.5 Å². The number of pyridine rings is 1. The molecule has 1 aromatic carbocycles. The molecule has 1 atom stereocenters. The number of rotatable bonds is 5. The number of amides is 1. The van der Waals surface area contributed by atoms with E-state index in [4.69, 9.17) is 9.15 Å². The van der Waals surface area contributed by atoms with Crippen molar-refractivity contribution in [2.75, 3.05) is 17.7 Å². The summed E-state index contributed by atoms with van der Waals surface area (Å²) in [5.74, 6) is 1.72. The molecule has 5 rings (SSSR count). The third kappa shape index (κ3) is 3.39. The highest BCUT2D eigenvalue weighted by Crippen LogP contribution is 2.36. The van der Waals surface area contributed by atoms with E-state index in [2.05, 4.69) is 25.7 Å². The molecule has 3 aromatic heterocycles. The number of hydrogen-bond donors (Lipinski definition) is 2. The molecule has 0 spiro atoms. The Morgan fingerprint density at radius 3 is 2.75 bits per heavy atom. The molecule has 32 heavy (non-hydrogen) atoms. The van der Waals surface area contributed by atoms with Crippen LogP contribution < -0.4 is 15.4 Å². The topological polar surface area (TPSA) is 107 Å². The minimum absolute atomic E-state index is 0.296. The van der Waals surface area contributed by atoms with Crippen LogP contribution in [-0.4, -0.2) is 32.8 Å². The molecule has 4 aromatic rings. The number of benzene rings is 1. The molecule has 0 unspecified atom stereocenters. The second-order valence-corrected chi connectivity index (χ2v) is 7.16. The van der Waals surface area contributed by atoms with Gasteiger partial charge in [-0.3, -0.25) is 9.78 Å². The molecule has 1 amide bonds. The van der Waals surface area contributed by atoms with Gasteiger partial charge in [-0.2, -0.15) is 4.98 Å². The summed E-state index contributed by atoms with van der Waals surface area (Å²) in [4.78, 5) is 22.6. The first-order chi connectivity index (χ1) is 15.7. The number of nitrogens with one attached hydrogen (secondary N) is 2. The van der Waals surface area contributed by atoms with E-state index in [0.717, 1.165) is 0 Å². The quantitative estimate of drug-likeness (QED) is 0.497. The minimum Gasteiger partial charge on any atom is -0.495 e. The summed E-state index contributed by atoms with van der Waals surface area (Å²) in [6.45, 7) is 1.83. The zero-order valence-corrected chi connectivity index (χ0v) is 17.4. The van der Waals surface area contributed by atoms with Gasteiger partial charge in [-0.15, -0.1) is 5.10 Å². The van der Waals surface area contributed by atoms with E-state index >= 15 is 0 Å². The van der Waals surface area contributed by atoms with Crippen LogP contribution in [0.5, 0.6) is 5.75 Å². The molecule has 1 aliphatic heterocycles. The van der Waals surface area contributed by atoms with Gasteiger partial charge in [-0.1, -0.05) is 18.2 Å². The fourth-order valence-corrected chi connectivity index (χ4v) is 3.70. The summed E-state index contributed by atoms with van der Waals surface area (Å²) >= 11 is 0. The molecule has 1 aliphatic rings. The number of allylic oxidation sites excluding steroid dienone is 1. The average Bonchev–Trinajstić information content (AvgIpc) is 3.49. The largest absolute Gasteiger partial charge is 0.495 e. The third-order valence-corrected chi connectivity index (χ3v) is 5.16. The third-order valence-electron chi connectivity index (χ3n) is 5.16. The lowest BCUT2D eigenvalue weighted by Crippen LogP contribution is -2.32. The van der Waals surface area contributed by atoms with Crippen LogP contribution in [0.3, 0.4) is 0 Å². The number of anilines is 2. The van der Waals surface area contributed by atoms with Crippen molar-refractivity contribution in [3.63, 3.8) is 0 Å². The average molecular weight is 428 g/mol. The van der Waals surface area contributed by atoms with Crippen LogP contribution >= 0.6 is 0 Å². The molecule has 0 fully saturated rings. The van der Waals surface area contributed by atoms with Gasteiger partial charge in [0.1, 0.15) is 11.8 Å². The Kier molecular flexibility index (Phi) is 4.91. The van der Waals surface area contributed by atoms with Crippen molar-refractivity contribution in [2.24, 2.45) is 0 Å². The molecule has 2 N–H and O–H groups in total. The van der Waals surface area contributed by atoms with Crippen molar-refractivity contribution in [2.45, 2.75) is 13.0 Å². The van der Waals surface area contributed by atoms with Crippen LogP contribution in [-0.2, 0) is 4.79 Å². The van der Waals surface area contributed by atoms with Crippen LogP contribution in [0.25, 0.3) is 11.6 Å². The van der Waals surface area contributed by atoms with Crippen LogP contribution in [0.15, 0.2) is 82.7 Å². The molecule has 0 saturated carbocycles. The highest BCUT2D eigenvalue weighted by Gasteiger charge is 2.35. The molecule has 0 saturated heterocycles. The van der Waals surface area contributed by atoms with Crippen LogP contribution in [0.1, 0.15) is 18.7 Å². The number of aromatic nitrogens is 4. The molecule has 9 heteroatoms. The molecular weight excluding hydrogens is 408 g/mol. The molecular formula is C23H20N6O3. The number of methoxy groups -OCH3 is 1. The van der Waals surface area contributed by atoms with Crippen LogP contribution in [0.2, 0.25) is 0 Å². The maximum absolute atomic E-state index is 13.5. The Bertz CT molecular complexity index is 1290. The summed E-state index contributed by atoms with van der Waals surface area (Å²) in [5.41, 5.74) is 2.35. The lowest BCUT2D eigenvalue weighted by Gasteiger charge is -2.28. The Labute approximate surface area is 183 Å². The van der Waals surface area contributed by atoms with E-state index in [9.17, 15) is 4.79 Å². The number of carbonyl (C=O) groups is 1. The van der Waals surface area contributed by atoms with Crippen molar-refractivity contribution in [3.8, 4) is 17.3 Å². The lowest BCUT2D eigenvalue weighted by atomic mass is 9.98. The number of para-hydroxylation sites is 2. The summed E-state index contributed by atoms with van der Waals surface area (Å²) in [6.07, 6.45) is 3.25. The molecule has 0 bridgehead atoms. The van der Waals surface area contributed by atoms with Gasteiger partial charge in [0.15, 0.2) is 5.76 Å². The van der Waals surface area contributed by atoms with E-state index in [0.29, 0.717) is 45.9 Å². The van der Waals surface area contributed by atoms with Crippen LogP contribution in [0.4, 0.5) is 11.6 Å². The van der Waals surface area contributed by atoms with E-state index in [-0.39, 0.29) is 5.91 Å². The van der Waals surface area contributed by atoms with E-state index in [1.807, 2.05) is 37.3 Å². The lowest BCUT2D eigenvalue weighted by molar-refractivity contribution is -0.113. The fraction of sp³-hybridized carbons (Fsp3) is 0.130. The van der Waals surface area contributed by atoms with Crippen molar-refractivity contribution in [3.05, 3.63) is 84.0 Å². The molecule has 160 valence electrons. The van der Waals surface area contributed by atoms with Gasteiger partial charge in [-0.05, 0) is 43.3 Å². The first-order valence-corrected chi connectivity index (χ1v) is 9.99. The molecule has 0 radical (unpaired) electrons. The second-order valence-electron chi connectivity index (χ2n) is 7.16. The number of fused-ring (bicyclic) bond motifs is 1. The SMILES string of the molecule is COc1ccccc1NC(=O)C1=C(C)Nc2nc(-c3ccco3)nn2[C@H]1c1ccccn1.